The van der Waals surface area contributed by atoms with E-state index in [4.69, 9.17) is 14.7 Å². The third-order valence-corrected chi connectivity index (χ3v) is 10.8. The maximum atomic E-state index is 16.6. The molecule has 2 saturated heterocycles. The van der Waals surface area contributed by atoms with Crippen molar-refractivity contribution in [2.45, 2.75) is 56.0 Å². The van der Waals surface area contributed by atoms with Crippen molar-refractivity contribution in [3.05, 3.63) is 52.0 Å². The highest BCUT2D eigenvalue weighted by atomic mass is 127. The van der Waals surface area contributed by atoms with Gasteiger partial charge < -0.3 is 15.0 Å². The molecule has 0 radical (unpaired) electrons. The van der Waals surface area contributed by atoms with E-state index in [9.17, 15) is 0 Å². The predicted molar refractivity (Wildman–Crippen MR) is 170 cm³/mol. The van der Waals surface area contributed by atoms with Crippen LogP contribution < -0.4 is 10.1 Å². The average molecular weight is 667 g/mol. The van der Waals surface area contributed by atoms with Gasteiger partial charge in [-0.15, -0.1) is 0 Å². The maximum Gasteiger partial charge on any atom is 0.319 e. The van der Waals surface area contributed by atoms with Crippen molar-refractivity contribution < 1.29 is 9.13 Å². The third kappa shape index (κ3) is 4.64. The van der Waals surface area contributed by atoms with E-state index in [0.717, 1.165) is 58.7 Å². The second-order valence-corrected chi connectivity index (χ2v) is 13.4. The molecule has 0 amide bonds. The Morgan fingerprint density at radius 2 is 1.78 bits per heavy atom. The monoisotopic (exact) mass is 666 g/mol. The Morgan fingerprint density at radius 1 is 1.02 bits per heavy atom. The molecule has 1 aliphatic carbocycles. The molecule has 4 heterocycles. The first-order chi connectivity index (χ1) is 19.9. The van der Waals surface area contributed by atoms with Gasteiger partial charge in [-0.05, 0) is 106 Å². The van der Waals surface area contributed by atoms with Gasteiger partial charge in [-0.1, -0.05) is 30.3 Å². The molecule has 1 N–H and O–H groups in total. The molecule has 2 aromatic carbocycles. The molecule has 7 nitrogen and oxygen atoms in total. The van der Waals surface area contributed by atoms with Gasteiger partial charge in [0.25, 0.3) is 0 Å². The van der Waals surface area contributed by atoms with Crippen LogP contribution in [0.4, 0.5) is 10.2 Å². The molecule has 7 rings (SSSR count). The van der Waals surface area contributed by atoms with E-state index in [-0.39, 0.29) is 22.6 Å². The van der Waals surface area contributed by atoms with Crippen LogP contribution in [0, 0.1) is 9.39 Å². The number of anilines is 1. The lowest BCUT2D eigenvalue weighted by molar-refractivity contribution is 0.0738. The maximum absolute atomic E-state index is 16.6. The molecule has 4 aromatic rings. The average Bonchev–Trinajstić information content (AvgIpc) is 3.52. The minimum atomic E-state index is -0.447. The van der Waals surface area contributed by atoms with E-state index in [1.54, 1.807) is 6.20 Å². The lowest BCUT2D eigenvalue weighted by Crippen LogP contribution is -2.54. The highest BCUT2D eigenvalue weighted by Gasteiger charge is 2.45. The van der Waals surface area contributed by atoms with E-state index >= 15 is 4.39 Å². The van der Waals surface area contributed by atoms with Crippen molar-refractivity contribution in [2.24, 2.45) is 0 Å². The summed E-state index contributed by atoms with van der Waals surface area (Å²) in [6, 6.07) is 12.3. The molecular weight excluding hydrogens is 630 g/mol. The van der Waals surface area contributed by atoms with E-state index in [1.807, 2.05) is 36.4 Å². The Bertz CT molecular complexity index is 1610. The number of hydrogen-bond donors (Lipinski definition) is 1. The van der Waals surface area contributed by atoms with Crippen LogP contribution in [0.1, 0.15) is 44.9 Å². The first kappa shape index (κ1) is 27.2. The van der Waals surface area contributed by atoms with Crippen LogP contribution >= 0.6 is 22.6 Å². The van der Waals surface area contributed by atoms with Crippen LogP contribution in [-0.2, 0) is 0 Å². The van der Waals surface area contributed by atoms with Crippen molar-refractivity contribution in [3.63, 3.8) is 0 Å². The van der Waals surface area contributed by atoms with Crippen molar-refractivity contribution in [1.82, 2.24) is 24.8 Å². The minimum absolute atomic E-state index is 0.0500. The minimum Gasteiger partial charge on any atom is -0.461 e. The highest BCUT2D eigenvalue weighted by Crippen LogP contribution is 2.41. The molecule has 41 heavy (non-hydrogen) atoms. The number of aromatic nitrogens is 3. The molecule has 1 saturated carbocycles. The summed E-state index contributed by atoms with van der Waals surface area (Å²) >= 11 is 2.31. The van der Waals surface area contributed by atoms with Crippen LogP contribution in [0.5, 0.6) is 6.01 Å². The normalized spacial score (nSPS) is 19.5. The Labute approximate surface area is 254 Å². The van der Waals surface area contributed by atoms with Gasteiger partial charge in [0.05, 0.1) is 10.9 Å². The number of hydrogen-bond acceptors (Lipinski definition) is 7. The Kier molecular flexibility index (Phi) is 7.02. The van der Waals surface area contributed by atoms with Gasteiger partial charge in [-0.25, -0.2) is 4.39 Å². The topological polar surface area (TPSA) is 66.4 Å². The third-order valence-electron chi connectivity index (χ3n) is 9.87. The van der Waals surface area contributed by atoms with Crippen LogP contribution in [0.2, 0.25) is 0 Å². The molecule has 0 spiro atoms. The van der Waals surface area contributed by atoms with Gasteiger partial charge >= 0.3 is 6.01 Å². The first-order valence-electron chi connectivity index (χ1n) is 14.7. The summed E-state index contributed by atoms with van der Waals surface area (Å²) < 4.78 is 24.0. The fourth-order valence-corrected chi connectivity index (χ4v) is 8.00. The number of benzene rings is 2. The molecule has 2 aromatic heterocycles. The largest absolute Gasteiger partial charge is 0.461 e. The molecule has 214 valence electrons. The van der Waals surface area contributed by atoms with Gasteiger partial charge in [0.1, 0.15) is 23.6 Å². The lowest BCUT2D eigenvalue weighted by atomic mass is 9.75. The number of halogens is 2. The van der Waals surface area contributed by atoms with Crippen molar-refractivity contribution >= 4 is 50.1 Å². The number of nitrogens with one attached hydrogen (secondary N) is 1. The van der Waals surface area contributed by atoms with Gasteiger partial charge in [0, 0.05) is 32.8 Å². The number of rotatable bonds is 8. The van der Waals surface area contributed by atoms with Gasteiger partial charge in [0.15, 0.2) is 5.82 Å². The summed E-state index contributed by atoms with van der Waals surface area (Å²) in [5.41, 5.74) is 1.41. The van der Waals surface area contributed by atoms with E-state index in [2.05, 4.69) is 56.8 Å². The van der Waals surface area contributed by atoms with Crippen molar-refractivity contribution in [1.29, 1.82) is 0 Å². The van der Waals surface area contributed by atoms with Gasteiger partial charge in [0.2, 0.25) is 0 Å². The van der Waals surface area contributed by atoms with E-state index < -0.39 is 5.82 Å². The summed E-state index contributed by atoms with van der Waals surface area (Å²) in [6.07, 6.45) is 9.79. The van der Waals surface area contributed by atoms with E-state index in [0.29, 0.717) is 30.0 Å². The second-order valence-electron chi connectivity index (χ2n) is 12.2. The van der Waals surface area contributed by atoms with Crippen molar-refractivity contribution in [3.8, 4) is 17.3 Å². The SMILES string of the molecule is CN(C)C1(CNc2nc(OCC34CCCN3CCC4)nc3c(F)c(-c4cccc5cccc(I)c45)ncc23)CCC1. The lowest BCUT2D eigenvalue weighted by Gasteiger charge is -2.47. The zero-order valence-electron chi connectivity index (χ0n) is 23.7. The summed E-state index contributed by atoms with van der Waals surface area (Å²) in [5.74, 6) is 0.133. The first-order valence-corrected chi connectivity index (χ1v) is 15.8. The molecular formula is C32H36FIN6O. The van der Waals surface area contributed by atoms with Crippen LogP contribution in [0.3, 0.4) is 0 Å². The smallest absolute Gasteiger partial charge is 0.319 e. The standard InChI is InChI=1S/C32H36FIN6O/c1-39(2)31(12-5-13-31)19-36-29-23-18-35-27(22-10-3-8-21-9-4-11-24(34)25(21)22)26(33)28(23)37-30(38-29)41-20-32-14-6-16-40(32)17-7-15-32/h3-4,8-11,18H,5-7,12-17,19-20H2,1-2H3,(H,36,37,38). The predicted octanol–water partition coefficient (Wildman–Crippen LogP) is 6.49. The number of ether oxygens (including phenoxy) is 1. The quantitative estimate of drug-likeness (QED) is 0.216. The van der Waals surface area contributed by atoms with Gasteiger partial charge in [-0.2, -0.15) is 9.97 Å². The molecule has 0 unspecified atom stereocenters. The molecule has 3 fully saturated rings. The van der Waals surface area contributed by atoms with Crippen LogP contribution in [0.15, 0.2) is 42.6 Å². The summed E-state index contributed by atoms with van der Waals surface area (Å²) in [6.45, 7) is 3.48. The summed E-state index contributed by atoms with van der Waals surface area (Å²) in [7, 11) is 4.25. The fraction of sp³-hybridized carbons (Fsp3) is 0.469. The summed E-state index contributed by atoms with van der Waals surface area (Å²) in [4.78, 5) is 19.0. The molecule has 3 aliphatic rings. The van der Waals surface area contributed by atoms with Crippen LogP contribution in [0.25, 0.3) is 32.9 Å². The Morgan fingerprint density at radius 3 is 2.49 bits per heavy atom. The van der Waals surface area contributed by atoms with Crippen LogP contribution in [-0.4, -0.2) is 76.2 Å². The zero-order chi connectivity index (χ0) is 28.2. The Balaban J connectivity index is 1.31. The Hall–Kier alpha value is -2.63. The summed E-state index contributed by atoms with van der Waals surface area (Å²) in [5, 5.41) is 6.17. The number of nitrogens with zero attached hydrogens (tertiary/aromatic N) is 5. The van der Waals surface area contributed by atoms with Gasteiger partial charge in [-0.3, -0.25) is 9.88 Å². The fourth-order valence-electron chi connectivity index (χ4n) is 7.19. The van der Waals surface area contributed by atoms with E-state index in [1.165, 1.54) is 19.3 Å². The number of fused-ring (bicyclic) bond motifs is 3. The second kappa shape index (κ2) is 10.6. The highest BCUT2D eigenvalue weighted by molar-refractivity contribution is 14.1. The molecule has 0 bridgehead atoms. The number of pyridine rings is 1. The molecule has 0 atom stereocenters. The van der Waals surface area contributed by atoms with Crippen molar-refractivity contribution in [2.75, 3.05) is 45.7 Å². The molecule has 9 heteroatoms. The molecule has 2 aliphatic heterocycles. The number of likely N-dealkylation sites (N-methyl/N-ethyl adjacent to an activating group) is 1. The zero-order valence-corrected chi connectivity index (χ0v) is 25.9.